The Bertz CT molecular complexity index is 1320. The molecule has 37 heavy (non-hydrogen) atoms. The van der Waals surface area contributed by atoms with Gasteiger partial charge in [0.1, 0.15) is 21.9 Å². The molecule has 2 aliphatic rings. The van der Waals surface area contributed by atoms with Gasteiger partial charge in [0, 0.05) is 35.0 Å². The second-order valence-electron chi connectivity index (χ2n) is 12.8. The Kier molecular flexibility index (Phi) is 8.43. The molecule has 0 spiro atoms. The molecule has 0 unspecified atom stereocenters. The van der Waals surface area contributed by atoms with Gasteiger partial charge in [0.15, 0.2) is 5.70 Å². The molecule has 0 saturated carbocycles. The molecule has 2 nitrogen and oxygen atoms in total. The summed E-state index contributed by atoms with van der Waals surface area (Å²) < 4.78 is 35.9. The van der Waals surface area contributed by atoms with Crippen LogP contribution in [-0.4, -0.2) is 37.8 Å². The van der Waals surface area contributed by atoms with E-state index < -0.39 is 23.1 Å². The lowest BCUT2D eigenvalue weighted by Gasteiger charge is -2.33. The average Bonchev–Trinajstić information content (AvgIpc) is 3.17. The van der Waals surface area contributed by atoms with Crippen molar-refractivity contribution in [3.05, 3.63) is 39.4 Å². The van der Waals surface area contributed by atoms with Crippen LogP contribution in [0.15, 0.2) is 16.8 Å². The van der Waals surface area contributed by atoms with Crippen LogP contribution in [0, 0.1) is 36.8 Å². The highest BCUT2D eigenvalue weighted by atomic mass is 28.3. The number of allylic oxidation sites excluding steroid dienone is 3. The molecule has 200 valence electrons. The Morgan fingerprint density at radius 3 is 1.97 bits per heavy atom. The van der Waals surface area contributed by atoms with Crippen LogP contribution in [0.5, 0.6) is 0 Å². The number of hydrogen-bond donors (Lipinski definition) is 0. The zero-order chi connectivity index (χ0) is 27.9. The molecule has 0 aliphatic carbocycles. The van der Waals surface area contributed by atoms with Crippen LogP contribution in [-0.2, 0) is 0 Å². The summed E-state index contributed by atoms with van der Waals surface area (Å²) in [4.78, 5) is 0. The lowest BCUT2D eigenvalue weighted by atomic mass is 9.84. The normalized spacial score (nSPS) is 16.9. The van der Waals surface area contributed by atoms with E-state index in [2.05, 4.69) is 69.1 Å². The third kappa shape index (κ3) is 5.84. The maximum atomic E-state index is 16.6. The van der Waals surface area contributed by atoms with E-state index in [1.807, 2.05) is 27.7 Å². The molecule has 0 bridgehead atoms. The van der Waals surface area contributed by atoms with Gasteiger partial charge in [-0.25, -0.2) is 0 Å². The third-order valence-corrected chi connectivity index (χ3v) is 8.99. The lowest BCUT2D eigenvalue weighted by Crippen LogP contribution is -2.51. The van der Waals surface area contributed by atoms with Crippen LogP contribution in [0.2, 0.25) is 39.3 Å². The Hall–Kier alpha value is -2.09. The summed E-state index contributed by atoms with van der Waals surface area (Å²) in [6.45, 7) is 18.9. The second kappa shape index (κ2) is 10.6. The number of nitrogens with zero attached hydrogens (tertiary/aromatic N) is 2. The number of hydrogen-bond acceptors (Lipinski definition) is 0. The summed E-state index contributed by atoms with van der Waals surface area (Å²) >= 11 is 0. The van der Waals surface area contributed by atoms with Gasteiger partial charge in [0.2, 0.25) is 0 Å². The van der Waals surface area contributed by atoms with Gasteiger partial charge >= 0.3 is 6.97 Å². The first-order chi connectivity index (χ1) is 17.0. The number of aromatic nitrogens is 1. The Balaban J connectivity index is 2.32. The molecule has 3 heterocycles. The monoisotopic (exact) mass is 538 g/mol. The molecular weight excluding hydrogens is 493 g/mol. The minimum absolute atomic E-state index is 0.581. The summed E-state index contributed by atoms with van der Waals surface area (Å²) in [5.41, 5.74) is 13.8. The predicted octanol–water partition coefficient (Wildman–Crippen LogP) is 8.33. The average molecular weight is 539 g/mol. The molecule has 0 radical (unpaired) electrons. The topological polar surface area (TPSA) is 7.94 Å². The summed E-state index contributed by atoms with van der Waals surface area (Å²) in [7, 11) is -3.33. The van der Waals surface area contributed by atoms with Crippen molar-refractivity contribution in [3.63, 3.8) is 0 Å². The van der Waals surface area contributed by atoms with E-state index in [4.69, 9.17) is 0 Å². The number of fused-ring (bicyclic) bond motifs is 2. The highest BCUT2D eigenvalue weighted by Crippen LogP contribution is 2.45. The van der Waals surface area contributed by atoms with Crippen LogP contribution in [0.25, 0.3) is 5.57 Å². The van der Waals surface area contributed by atoms with Gasteiger partial charge < -0.3 is 17.6 Å². The summed E-state index contributed by atoms with van der Waals surface area (Å²) in [5, 5.41) is 0. The van der Waals surface area contributed by atoms with E-state index >= 15 is 8.63 Å². The minimum Gasteiger partial charge on any atom is -0.392 e. The molecule has 3 rings (SSSR count). The molecule has 0 saturated heterocycles. The molecular formula is C30H45BF2N2Si2. The van der Waals surface area contributed by atoms with Gasteiger partial charge in [0.05, 0.1) is 5.57 Å². The van der Waals surface area contributed by atoms with Gasteiger partial charge in [-0.2, -0.15) is 0 Å². The minimum atomic E-state index is -4.07. The highest BCUT2D eigenvalue weighted by Gasteiger charge is 2.56. The molecule has 0 atom stereocenters. The van der Waals surface area contributed by atoms with Crippen molar-refractivity contribution in [2.24, 2.45) is 0 Å². The van der Waals surface area contributed by atoms with Crippen molar-refractivity contribution < 1.29 is 13.1 Å². The van der Waals surface area contributed by atoms with Crippen molar-refractivity contribution in [1.29, 1.82) is 0 Å². The maximum absolute atomic E-state index is 16.6. The van der Waals surface area contributed by atoms with Crippen LogP contribution in [0.1, 0.15) is 81.8 Å². The lowest BCUT2D eigenvalue weighted by molar-refractivity contribution is -0.364. The van der Waals surface area contributed by atoms with Gasteiger partial charge in [-0.1, -0.05) is 83.7 Å². The van der Waals surface area contributed by atoms with Crippen molar-refractivity contribution >= 4 is 34.4 Å². The molecule has 0 fully saturated rings. The summed E-state index contributed by atoms with van der Waals surface area (Å²) in [6.07, 6.45) is 6.47. The van der Waals surface area contributed by atoms with E-state index in [1.54, 1.807) is 0 Å². The van der Waals surface area contributed by atoms with Gasteiger partial charge in [-0.05, 0) is 39.2 Å². The molecule has 0 amide bonds. The quantitative estimate of drug-likeness (QED) is 0.195. The Morgan fingerprint density at radius 2 is 1.41 bits per heavy atom. The van der Waals surface area contributed by atoms with E-state index in [9.17, 15) is 0 Å². The smallest absolute Gasteiger partial charge is 0.392 e. The van der Waals surface area contributed by atoms with E-state index in [0.29, 0.717) is 22.8 Å². The summed E-state index contributed by atoms with van der Waals surface area (Å²) in [6, 6.07) is 0. The SMILES string of the molecule is CCCCCCCC1=C2C(C)=C(C#C[Si](C)(C)C)C(C)=[N+]2[B-](F)(F)n2c(C)c(C#C[Si](C)(C)C)c(C)c21. The first kappa shape index (κ1) is 29.5. The fourth-order valence-electron chi connectivity index (χ4n) is 5.48. The molecule has 7 heteroatoms. The van der Waals surface area contributed by atoms with Gasteiger partial charge in [-0.15, -0.1) is 11.1 Å². The molecule has 1 aromatic rings. The van der Waals surface area contributed by atoms with Crippen molar-refractivity contribution in [2.45, 2.75) is 112 Å². The first-order valence-electron chi connectivity index (χ1n) is 13.9. The largest absolute Gasteiger partial charge is 0.737 e. The fraction of sp³-hybridized carbons (Fsp3) is 0.567. The highest BCUT2D eigenvalue weighted by molar-refractivity contribution is 6.84. The molecule has 1 aromatic heterocycles. The van der Waals surface area contributed by atoms with E-state index in [0.717, 1.165) is 47.1 Å². The van der Waals surface area contributed by atoms with Crippen LogP contribution >= 0.6 is 0 Å². The molecule has 0 aromatic carbocycles. The first-order valence-corrected chi connectivity index (χ1v) is 20.9. The van der Waals surface area contributed by atoms with Crippen molar-refractivity contribution in [3.8, 4) is 22.9 Å². The maximum Gasteiger partial charge on any atom is 0.737 e. The standard InChI is InChI=1S/C30H45BF2N2Si2/c1-12-13-14-15-16-17-28-29-22(2)26(18-20-36(6,7)8)24(4)34(29)31(32,33)35-25(5)27(23(3)30(28)35)19-21-37(9,10)11/h12-17H2,1-11H3. The van der Waals surface area contributed by atoms with Crippen molar-refractivity contribution in [2.75, 3.05) is 0 Å². The van der Waals surface area contributed by atoms with Crippen LogP contribution < -0.4 is 0 Å². The molecule has 2 aliphatic heterocycles. The Labute approximate surface area is 226 Å². The van der Waals surface area contributed by atoms with Crippen LogP contribution in [0.3, 0.4) is 0 Å². The molecule has 0 N–H and O–H groups in total. The van der Waals surface area contributed by atoms with Gasteiger partial charge in [0.25, 0.3) is 0 Å². The zero-order valence-electron chi connectivity index (χ0n) is 25.0. The zero-order valence-corrected chi connectivity index (χ0v) is 27.0. The number of unbranched alkanes of at least 4 members (excludes halogenated alkanes) is 4. The van der Waals surface area contributed by atoms with E-state index in [-0.39, 0.29) is 0 Å². The van der Waals surface area contributed by atoms with Crippen LogP contribution in [0.4, 0.5) is 8.63 Å². The summed E-state index contributed by atoms with van der Waals surface area (Å²) in [5.74, 6) is 6.69. The van der Waals surface area contributed by atoms with Gasteiger partial charge in [-0.3, -0.25) is 0 Å². The number of rotatable bonds is 6. The van der Waals surface area contributed by atoms with Crippen molar-refractivity contribution in [1.82, 2.24) is 4.48 Å². The Morgan fingerprint density at radius 1 is 0.838 bits per heavy atom. The fourth-order valence-corrected chi connectivity index (χ4v) is 6.48. The van der Waals surface area contributed by atoms with E-state index in [1.165, 1.54) is 28.2 Å². The predicted molar refractivity (Wildman–Crippen MR) is 163 cm³/mol. The number of halogens is 2. The third-order valence-electron chi connectivity index (χ3n) is 7.24. The second-order valence-corrected chi connectivity index (χ2v) is 22.3.